The van der Waals surface area contributed by atoms with Gasteiger partial charge in [0.25, 0.3) is 0 Å². The lowest BCUT2D eigenvalue weighted by Gasteiger charge is -2.02. The smallest absolute Gasteiger partial charge is 0.160 e. The van der Waals surface area contributed by atoms with E-state index in [2.05, 4.69) is 10.2 Å². The van der Waals surface area contributed by atoms with Crippen LogP contribution < -0.4 is 0 Å². The van der Waals surface area contributed by atoms with Crippen LogP contribution >= 0.6 is 34.8 Å². The average Bonchev–Trinajstić information content (AvgIpc) is 2.60. The zero-order valence-corrected chi connectivity index (χ0v) is 9.46. The summed E-state index contributed by atoms with van der Waals surface area (Å²) >= 11 is 17.1. The number of benzene rings is 1. The van der Waals surface area contributed by atoms with Crippen molar-refractivity contribution < 1.29 is 4.39 Å². The summed E-state index contributed by atoms with van der Waals surface area (Å²) in [6, 6.07) is 2.84. The van der Waals surface area contributed by atoms with Gasteiger partial charge >= 0.3 is 0 Å². The second-order valence-electron chi connectivity index (χ2n) is 2.84. The van der Waals surface area contributed by atoms with Crippen LogP contribution in [0.25, 0.3) is 11.3 Å². The number of H-pyrrole nitrogens is 1. The quantitative estimate of drug-likeness (QED) is 0.770. The highest BCUT2D eigenvalue weighted by molar-refractivity contribution is 6.36. The van der Waals surface area contributed by atoms with Crippen LogP contribution in [0.2, 0.25) is 15.1 Å². The van der Waals surface area contributed by atoms with E-state index in [0.717, 1.165) is 0 Å². The molecule has 1 N–H and O–H groups in total. The van der Waals surface area contributed by atoms with E-state index in [1.807, 2.05) is 0 Å². The monoisotopic (exact) mass is 264 g/mol. The Kier molecular flexibility index (Phi) is 2.87. The van der Waals surface area contributed by atoms with Crippen LogP contribution in [0.1, 0.15) is 0 Å². The summed E-state index contributed by atoms with van der Waals surface area (Å²) in [6.07, 6.45) is 1.52. The Morgan fingerprint density at radius 3 is 2.13 bits per heavy atom. The molecule has 6 heteroatoms. The molecule has 0 bridgehead atoms. The van der Waals surface area contributed by atoms with Crippen LogP contribution in [0.15, 0.2) is 18.3 Å². The van der Waals surface area contributed by atoms with E-state index in [9.17, 15) is 4.39 Å². The van der Waals surface area contributed by atoms with Gasteiger partial charge in [0.05, 0.1) is 15.1 Å². The fourth-order valence-electron chi connectivity index (χ4n) is 1.17. The van der Waals surface area contributed by atoms with Gasteiger partial charge in [-0.05, 0) is 12.1 Å². The molecule has 0 fully saturated rings. The van der Waals surface area contributed by atoms with E-state index in [1.165, 1.54) is 18.3 Å². The number of nitrogens with zero attached hydrogens (tertiary/aromatic N) is 1. The van der Waals surface area contributed by atoms with Crippen molar-refractivity contribution in [2.24, 2.45) is 0 Å². The molecule has 0 unspecified atom stereocenters. The van der Waals surface area contributed by atoms with E-state index >= 15 is 0 Å². The fourth-order valence-corrected chi connectivity index (χ4v) is 1.86. The first-order chi connectivity index (χ1) is 7.09. The van der Waals surface area contributed by atoms with Crippen molar-refractivity contribution in [3.8, 4) is 11.3 Å². The van der Waals surface area contributed by atoms with Crippen LogP contribution in [0.3, 0.4) is 0 Å². The van der Waals surface area contributed by atoms with Crippen LogP contribution in [0, 0.1) is 5.82 Å². The molecular formula is C9H4Cl3FN2. The minimum atomic E-state index is -0.645. The molecule has 1 aromatic heterocycles. The summed E-state index contributed by atoms with van der Waals surface area (Å²) in [4.78, 5) is 0. The maximum absolute atomic E-state index is 13.1. The molecule has 0 amide bonds. The summed E-state index contributed by atoms with van der Waals surface area (Å²) in [6.45, 7) is 0. The van der Waals surface area contributed by atoms with Gasteiger partial charge < -0.3 is 0 Å². The van der Waals surface area contributed by atoms with Crippen LogP contribution in [0.5, 0.6) is 0 Å². The first-order valence-corrected chi connectivity index (χ1v) is 5.07. The molecule has 0 aliphatic rings. The van der Waals surface area contributed by atoms with Gasteiger partial charge in [-0.2, -0.15) is 5.10 Å². The Morgan fingerprint density at radius 2 is 1.67 bits per heavy atom. The average molecular weight is 266 g/mol. The van der Waals surface area contributed by atoms with Crippen LogP contribution in [0.4, 0.5) is 4.39 Å². The lowest BCUT2D eigenvalue weighted by atomic mass is 10.1. The highest BCUT2D eigenvalue weighted by Gasteiger charge is 2.12. The highest BCUT2D eigenvalue weighted by Crippen LogP contribution is 2.32. The lowest BCUT2D eigenvalue weighted by molar-refractivity contribution is 0.629. The molecule has 0 saturated heterocycles. The van der Waals surface area contributed by atoms with E-state index in [1.54, 1.807) is 0 Å². The molecule has 2 rings (SSSR count). The molecule has 1 heterocycles. The normalized spacial score (nSPS) is 10.7. The Morgan fingerprint density at radius 1 is 1.07 bits per heavy atom. The molecule has 0 atom stereocenters. The van der Waals surface area contributed by atoms with Crippen molar-refractivity contribution in [2.45, 2.75) is 0 Å². The van der Waals surface area contributed by atoms with Crippen molar-refractivity contribution in [2.75, 3.05) is 0 Å². The van der Waals surface area contributed by atoms with Crippen LogP contribution in [-0.4, -0.2) is 10.2 Å². The van der Waals surface area contributed by atoms with Gasteiger partial charge in [-0.25, -0.2) is 4.39 Å². The maximum atomic E-state index is 13.1. The number of aromatic nitrogens is 2. The summed E-state index contributed by atoms with van der Waals surface area (Å²) in [5, 5.41) is 6.80. The van der Waals surface area contributed by atoms with Crippen molar-refractivity contribution in [3.05, 3.63) is 39.2 Å². The molecule has 0 spiro atoms. The second kappa shape index (κ2) is 4.00. The molecule has 0 aliphatic heterocycles. The van der Waals surface area contributed by atoms with Crippen LogP contribution in [-0.2, 0) is 0 Å². The maximum Gasteiger partial charge on any atom is 0.160 e. The number of aromatic amines is 1. The zero-order chi connectivity index (χ0) is 11.0. The Balaban J connectivity index is 2.60. The molecule has 2 aromatic rings. The third-order valence-electron chi connectivity index (χ3n) is 1.85. The molecule has 15 heavy (non-hydrogen) atoms. The standard InChI is InChI=1S/C9H4Cl3FN2/c10-5-1-4(2-6(11)8(5)13)9-7(12)3-14-15-9/h1-3H,(H,14,15). The zero-order valence-electron chi connectivity index (χ0n) is 7.19. The SMILES string of the molecule is Fc1c(Cl)cc(-c2n[nH]cc2Cl)cc1Cl. The van der Waals surface area contributed by atoms with Gasteiger partial charge in [-0.3, -0.25) is 5.10 Å². The van der Waals surface area contributed by atoms with Crippen molar-refractivity contribution in [3.63, 3.8) is 0 Å². The molecule has 0 aliphatic carbocycles. The van der Waals surface area contributed by atoms with Gasteiger partial charge in [0.15, 0.2) is 5.82 Å². The molecule has 0 saturated carbocycles. The number of nitrogens with one attached hydrogen (secondary N) is 1. The van der Waals surface area contributed by atoms with E-state index in [0.29, 0.717) is 16.3 Å². The number of rotatable bonds is 1. The Labute approximate surface area is 100.0 Å². The first-order valence-electron chi connectivity index (χ1n) is 3.94. The molecule has 78 valence electrons. The van der Waals surface area contributed by atoms with Gasteiger partial charge in [-0.1, -0.05) is 34.8 Å². The van der Waals surface area contributed by atoms with E-state index in [-0.39, 0.29) is 10.0 Å². The van der Waals surface area contributed by atoms with Crippen molar-refractivity contribution in [1.29, 1.82) is 0 Å². The van der Waals surface area contributed by atoms with Gasteiger partial charge in [0, 0.05) is 11.8 Å². The van der Waals surface area contributed by atoms with E-state index < -0.39 is 5.82 Å². The largest absolute Gasteiger partial charge is 0.284 e. The Hall–Kier alpha value is -0.770. The predicted molar refractivity (Wildman–Crippen MR) is 59.0 cm³/mol. The third kappa shape index (κ3) is 1.95. The number of halogens is 4. The van der Waals surface area contributed by atoms with E-state index in [4.69, 9.17) is 34.8 Å². The molecular weight excluding hydrogens is 261 g/mol. The first kappa shape index (κ1) is 10.7. The van der Waals surface area contributed by atoms with Crippen molar-refractivity contribution in [1.82, 2.24) is 10.2 Å². The summed E-state index contributed by atoms with van der Waals surface area (Å²) in [5.74, 6) is -0.645. The minimum absolute atomic E-state index is 0.0587. The molecule has 0 radical (unpaired) electrons. The highest BCUT2D eigenvalue weighted by atomic mass is 35.5. The molecule has 1 aromatic carbocycles. The summed E-state index contributed by atoms with van der Waals surface area (Å²) < 4.78 is 13.1. The third-order valence-corrected chi connectivity index (χ3v) is 2.69. The van der Waals surface area contributed by atoms with Gasteiger partial charge in [0.1, 0.15) is 5.69 Å². The van der Waals surface area contributed by atoms with Gasteiger partial charge in [-0.15, -0.1) is 0 Å². The Bertz CT molecular complexity index is 487. The summed E-state index contributed by atoms with van der Waals surface area (Å²) in [7, 11) is 0. The lowest BCUT2D eigenvalue weighted by Crippen LogP contribution is -1.84. The minimum Gasteiger partial charge on any atom is -0.284 e. The predicted octanol–water partition coefficient (Wildman–Crippen LogP) is 4.18. The van der Waals surface area contributed by atoms with Gasteiger partial charge in [0.2, 0.25) is 0 Å². The topological polar surface area (TPSA) is 28.7 Å². The number of hydrogen-bond acceptors (Lipinski definition) is 1. The van der Waals surface area contributed by atoms with Crippen molar-refractivity contribution >= 4 is 34.8 Å². The second-order valence-corrected chi connectivity index (χ2v) is 4.06. The summed E-state index contributed by atoms with van der Waals surface area (Å²) in [5.41, 5.74) is 1.05. The fraction of sp³-hybridized carbons (Fsp3) is 0. The molecule has 2 nitrogen and oxygen atoms in total. The number of hydrogen-bond donors (Lipinski definition) is 1.